The molecule has 0 amide bonds. The molecule has 0 radical (unpaired) electrons. The zero-order valence-corrected chi connectivity index (χ0v) is 8.75. The van der Waals surface area contributed by atoms with Crippen LogP contribution in [0.4, 0.5) is 0 Å². The van der Waals surface area contributed by atoms with Gasteiger partial charge in [0.2, 0.25) is 0 Å². The number of benzene rings is 1. The van der Waals surface area contributed by atoms with E-state index < -0.39 is 0 Å². The van der Waals surface area contributed by atoms with E-state index in [9.17, 15) is 0 Å². The second-order valence-electron chi connectivity index (χ2n) is 4.13. The zero-order valence-electron chi connectivity index (χ0n) is 8.75. The summed E-state index contributed by atoms with van der Waals surface area (Å²) < 4.78 is 0. The molecule has 0 atom stereocenters. The van der Waals surface area contributed by atoms with Crippen LogP contribution in [0, 0.1) is 5.92 Å². The molecule has 14 heavy (non-hydrogen) atoms. The number of fused-ring (bicyclic) bond motifs is 1. The first kappa shape index (κ1) is 9.25. The van der Waals surface area contributed by atoms with Crippen LogP contribution in [0.15, 0.2) is 24.3 Å². The number of aromatic nitrogens is 2. The zero-order chi connectivity index (χ0) is 9.97. The Balaban J connectivity index is 0.00000112. The van der Waals surface area contributed by atoms with E-state index in [4.69, 9.17) is 0 Å². The topological polar surface area (TPSA) is 28.7 Å². The maximum Gasteiger partial charge on any atom is 0.107 e. The van der Waals surface area contributed by atoms with Gasteiger partial charge < -0.3 is 4.98 Å². The van der Waals surface area contributed by atoms with Crippen molar-refractivity contribution in [3.05, 3.63) is 30.1 Å². The Bertz CT molecular complexity index is 387. The standard InChI is InChI=1S/C12H16N2.H2/c1-9(2)7-8-12-13-10-5-3-4-6-11(10)14-12;/h3-6,9H,7-8H2,1-2H3,(H,13,14);1H. The van der Waals surface area contributed by atoms with Gasteiger partial charge in [-0.2, -0.15) is 0 Å². The monoisotopic (exact) mass is 190 g/mol. The van der Waals surface area contributed by atoms with E-state index in [1.54, 1.807) is 0 Å². The molecule has 0 aliphatic rings. The summed E-state index contributed by atoms with van der Waals surface area (Å²) in [4.78, 5) is 7.87. The fourth-order valence-electron chi connectivity index (χ4n) is 1.55. The van der Waals surface area contributed by atoms with E-state index in [1.807, 2.05) is 18.2 Å². The van der Waals surface area contributed by atoms with Crippen molar-refractivity contribution in [1.29, 1.82) is 0 Å². The predicted molar refractivity (Wildman–Crippen MR) is 61.4 cm³/mol. The Kier molecular flexibility index (Phi) is 2.53. The average Bonchev–Trinajstić information content (AvgIpc) is 2.57. The van der Waals surface area contributed by atoms with Crippen molar-refractivity contribution in [1.82, 2.24) is 9.97 Å². The lowest BCUT2D eigenvalue weighted by Crippen LogP contribution is -1.93. The third-order valence-electron chi connectivity index (χ3n) is 2.40. The molecule has 0 aliphatic heterocycles. The van der Waals surface area contributed by atoms with E-state index in [1.165, 1.54) is 6.42 Å². The van der Waals surface area contributed by atoms with Crippen LogP contribution in [0.1, 0.15) is 27.5 Å². The molecule has 0 aliphatic carbocycles. The van der Waals surface area contributed by atoms with E-state index >= 15 is 0 Å². The normalized spacial score (nSPS) is 11.4. The van der Waals surface area contributed by atoms with Crippen molar-refractivity contribution >= 4 is 11.0 Å². The van der Waals surface area contributed by atoms with E-state index in [2.05, 4.69) is 29.9 Å². The van der Waals surface area contributed by atoms with Crippen molar-refractivity contribution in [2.24, 2.45) is 5.92 Å². The number of aryl methyl sites for hydroxylation is 1. The van der Waals surface area contributed by atoms with Gasteiger partial charge in [-0.05, 0) is 24.5 Å². The van der Waals surface area contributed by atoms with Gasteiger partial charge in [0, 0.05) is 7.85 Å². The molecule has 2 heteroatoms. The summed E-state index contributed by atoms with van der Waals surface area (Å²) in [5.74, 6) is 1.85. The minimum Gasteiger partial charge on any atom is -0.342 e. The number of nitrogens with zero attached hydrogens (tertiary/aromatic N) is 1. The van der Waals surface area contributed by atoms with Crippen LogP contribution < -0.4 is 0 Å². The summed E-state index contributed by atoms with van der Waals surface area (Å²) in [5.41, 5.74) is 2.22. The summed E-state index contributed by atoms with van der Waals surface area (Å²) >= 11 is 0. The van der Waals surface area contributed by atoms with Crippen LogP contribution in [-0.2, 0) is 6.42 Å². The molecule has 0 spiro atoms. The Morgan fingerprint density at radius 3 is 2.86 bits per heavy atom. The van der Waals surface area contributed by atoms with Crippen molar-refractivity contribution in [2.75, 3.05) is 0 Å². The quantitative estimate of drug-likeness (QED) is 0.789. The Morgan fingerprint density at radius 1 is 1.36 bits per heavy atom. The molecule has 0 fully saturated rings. The highest BCUT2D eigenvalue weighted by Gasteiger charge is 2.02. The highest BCUT2D eigenvalue weighted by Crippen LogP contribution is 2.12. The van der Waals surface area contributed by atoms with E-state index in [0.717, 1.165) is 29.2 Å². The summed E-state index contributed by atoms with van der Waals surface area (Å²) in [6.45, 7) is 4.48. The Morgan fingerprint density at radius 2 is 2.14 bits per heavy atom. The van der Waals surface area contributed by atoms with Crippen LogP contribution in [0.2, 0.25) is 0 Å². The number of aromatic amines is 1. The summed E-state index contributed by atoms with van der Waals surface area (Å²) in [7, 11) is 0. The van der Waals surface area contributed by atoms with Crippen LogP contribution in [0.3, 0.4) is 0 Å². The maximum atomic E-state index is 4.53. The van der Waals surface area contributed by atoms with Crippen molar-refractivity contribution in [3.63, 3.8) is 0 Å². The second kappa shape index (κ2) is 3.82. The molecule has 76 valence electrons. The highest BCUT2D eigenvalue weighted by molar-refractivity contribution is 5.74. The highest BCUT2D eigenvalue weighted by atomic mass is 14.9. The number of hydrogen-bond donors (Lipinski definition) is 1. The largest absolute Gasteiger partial charge is 0.342 e. The number of hydrogen-bond acceptors (Lipinski definition) is 1. The summed E-state index contributed by atoms with van der Waals surface area (Å²) in [6.07, 6.45) is 2.24. The number of imidazole rings is 1. The molecule has 0 bridgehead atoms. The first-order valence-corrected chi connectivity index (χ1v) is 5.19. The second-order valence-corrected chi connectivity index (χ2v) is 4.13. The van der Waals surface area contributed by atoms with Gasteiger partial charge in [-0.3, -0.25) is 0 Å². The molecule has 0 saturated carbocycles. The molecule has 2 rings (SSSR count). The molecule has 2 nitrogen and oxygen atoms in total. The Labute approximate surface area is 85.9 Å². The van der Waals surface area contributed by atoms with Gasteiger partial charge in [-0.15, -0.1) is 0 Å². The molecule has 1 aromatic heterocycles. The molecule has 2 aromatic rings. The SMILES string of the molecule is CC(C)CCc1nc2ccccc2[nH]1.[HH]. The summed E-state index contributed by atoms with van der Waals surface area (Å²) in [6, 6.07) is 8.17. The van der Waals surface area contributed by atoms with Gasteiger partial charge in [-0.1, -0.05) is 26.0 Å². The van der Waals surface area contributed by atoms with Gasteiger partial charge >= 0.3 is 0 Å². The molecule has 1 aromatic carbocycles. The number of para-hydroxylation sites is 2. The first-order chi connectivity index (χ1) is 6.75. The molecular weight excluding hydrogens is 172 g/mol. The van der Waals surface area contributed by atoms with Crippen molar-refractivity contribution in [2.45, 2.75) is 26.7 Å². The minimum atomic E-state index is 0. The molecule has 0 unspecified atom stereocenters. The lowest BCUT2D eigenvalue weighted by atomic mass is 10.1. The molecule has 1 heterocycles. The van der Waals surface area contributed by atoms with Crippen molar-refractivity contribution in [3.8, 4) is 0 Å². The smallest absolute Gasteiger partial charge is 0.107 e. The van der Waals surface area contributed by atoms with Gasteiger partial charge in [0.1, 0.15) is 5.82 Å². The molecule has 0 saturated heterocycles. The third kappa shape index (κ3) is 1.95. The maximum absolute atomic E-state index is 4.53. The first-order valence-electron chi connectivity index (χ1n) is 5.19. The van der Waals surface area contributed by atoms with Gasteiger partial charge in [0.15, 0.2) is 0 Å². The fraction of sp³-hybridized carbons (Fsp3) is 0.417. The average molecular weight is 190 g/mol. The van der Waals surface area contributed by atoms with E-state index in [0.29, 0.717) is 0 Å². The van der Waals surface area contributed by atoms with Crippen LogP contribution >= 0.6 is 0 Å². The minimum absolute atomic E-state index is 0. The van der Waals surface area contributed by atoms with Crippen LogP contribution in [0.25, 0.3) is 11.0 Å². The van der Waals surface area contributed by atoms with Gasteiger partial charge in [-0.25, -0.2) is 4.98 Å². The van der Waals surface area contributed by atoms with Crippen LogP contribution in [-0.4, -0.2) is 9.97 Å². The number of nitrogens with one attached hydrogen (secondary N) is 1. The number of rotatable bonds is 3. The fourth-order valence-corrected chi connectivity index (χ4v) is 1.55. The third-order valence-corrected chi connectivity index (χ3v) is 2.40. The van der Waals surface area contributed by atoms with Gasteiger partial charge in [0.25, 0.3) is 0 Å². The van der Waals surface area contributed by atoms with E-state index in [-0.39, 0.29) is 1.43 Å². The number of H-pyrrole nitrogens is 1. The lowest BCUT2D eigenvalue weighted by molar-refractivity contribution is 0.577. The van der Waals surface area contributed by atoms with Gasteiger partial charge in [0.05, 0.1) is 11.0 Å². The predicted octanol–water partition coefficient (Wildman–Crippen LogP) is 3.40. The molecule has 1 N–H and O–H groups in total. The Hall–Kier alpha value is -1.31. The molecular formula is C12H18N2. The lowest BCUT2D eigenvalue weighted by Gasteiger charge is -2.00. The van der Waals surface area contributed by atoms with Crippen LogP contribution in [0.5, 0.6) is 0 Å². The van der Waals surface area contributed by atoms with Crippen molar-refractivity contribution < 1.29 is 1.43 Å². The summed E-state index contributed by atoms with van der Waals surface area (Å²) in [5, 5.41) is 0.